The van der Waals surface area contributed by atoms with Crippen LogP contribution in [0, 0.1) is 37.0 Å². The summed E-state index contributed by atoms with van der Waals surface area (Å²) >= 11 is 0. The monoisotopic (exact) mass is 660 g/mol. The molecule has 0 aromatic heterocycles. The lowest BCUT2D eigenvalue weighted by Gasteiger charge is -2.47. The van der Waals surface area contributed by atoms with E-state index in [1.807, 2.05) is 20.8 Å². The van der Waals surface area contributed by atoms with Gasteiger partial charge < -0.3 is 28.4 Å². The van der Waals surface area contributed by atoms with E-state index in [0.29, 0.717) is 19.3 Å². The molecule has 48 heavy (non-hydrogen) atoms. The Morgan fingerprint density at radius 2 is 0.625 bits per heavy atom. The van der Waals surface area contributed by atoms with Crippen LogP contribution in [0.3, 0.4) is 0 Å². The summed E-state index contributed by atoms with van der Waals surface area (Å²) in [5.74, 6) is -2.51. The summed E-state index contributed by atoms with van der Waals surface area (Å²) in [6.45, 7) is 12.2. The summed E-state index contributed by atoms with van der Waals surface area (Å²) in [6, 6.07) is 0. The average molecular weight is 661 g/mol. The molecule has 3 aliphatic carbocycles. The Morgan fingerprint density at radius 3 is 0.896 bits per heavy atom. The Kier molecular flexibility index (Phi) is 5.94. The first-order chi connectivity index (χ1) is 22.8. The van der Waals surface area contributed by atoms with Crippen LogP contribution >= 0.6 is 0 Å². The molecule has 0 radical (unpaired) electrons. The summed E-state index contributed by atoms with van der Waals surface area (Å²) in [4.78, 5) is 42.5. The van der Waals surface area contributed by atoms with Crippen molar-refractivity contribution >= 4 is 17.3 Å². The molecule has 9 heteroatoms. The molecule has 1 aromatic carbocycles. The summed E-state index contributed by atoms with van der Waals surface area (Å²) in [5.41, 5.74) is 3.41. The van der Waals surface area contributed by atoms with E-state index >= 15 is 0 Å². The van der Waals surface area contributed by atoms with Crippen LogP contribution in [-0.4, -0.2) is 53.0 Å². The van der Waals surface area contributed by atoms with Crippen molar-refractivity contribution in [2.24, 2.45) is 16.2 Å². The molecular weight excluding hydrogens is 612 g/mol. The molecule has 0 amide bonds. The first kappa shape index (κ1) is 30.8. The number of rotatable bonds is 3. The molecule has 258 valence electrons. The van der Waals surface area contributed by atoms with Crippen LogP contribution in [0.1, 0.15) is 150 Å². The van der Waals surface area contributed by atoms with Gasteiger partial charge in [0.1, 0.15) is 18.3 Å². The number of carbonyl (C=O) groups excluding carboxylic acids is 3. The summed E-state index contributed by atoms with van der Waals surface area (Å²) in [7, 11) is 0. The van der Waals surface area contributed by atoms with Crippen LogP contribution < -0.4 is 0 Å². The fourth-order valence-electron chi connectivity index (χ4n) is 12.4. The van der Waals surface area contributed by atoms with Gasteiger partial charge in [-0.15, -0.1) is 0 Å². The fourth-order valence-corrected chi connectivity index (χ4v) is 12.4. The zero-order valence-corrected chi connectivity index (χ0v) is 29.1. The van der Waals surface area contributed by atoms with Gasteiger partial charge in [0.05, 0.1) is 16.2 Å². The summed E-state index contributed by atoms with van der Waals surface area (Å²) in [6.07, 6.45) is 6.04. The Bertz CT molecular complexity index is 1500. The lowest BCUT2D eigenvalue weighted by molar-refractivity contribution is -0.235. The van der Waals surface area contributed by atoms with Gasteiger partial charge in [-0.2, -0.15) is 0 Å². The van der Waals surface area contributed by atoms with Crippen LogP contribution in [0.5, 0.6) is 0 Å². The Labute approximate surface area is 282 Å². The minimum absolute atomic E-state index is 0.110. The molecule has 9 aliphatic rings. The van der Waals surface area contributed by atoms with Gasteiger partial charge in [-0.1, -0.05) is 19.3 Å². The van der Waals surface area contributed by atoms with Gasteiger partial charge in [-0.25, -0.2) is 0 Å². The first-order valence-electron chi connectivity index (χ1n) is 18.6. The van der Waals surface area contributed by atoms with Crippen molar-refractivity contribution < 1.29 is 42.8 Å². The number of benzene rings is 1. The van der Waals surface area contributed by atoms with Crippen LogP contribution in [0.25, 0.3) is 0 Å². The van der Waals surface area contributed by atoms with E-state index in [0.717, 1.165) is 91.2 Å². The highest BCUT2D eigenvalue weighted by Crippen LogP contribution is 2.67. The van der Waals surface area contributed by atoms with E-state index < -0.39 is 70.2 Å². The molecule has 10 rings (SSSR count). The van der Waals surface area contributed by atoms with Gasteiger partial charge in [0.15, 0.2) is 53.0 Å². The number of hydrogen-bond donors (Lipinski definition) is 0. The third-order valence-electron chi connectivity index (χ3n) is 15.2. The average Bonchev–Trinajstić information content (AvgIpc) is 3.85. The summed E-state index contributed by atoms with van der Waals surface area (Å²) < 4.78 is 40.9. The zero-order chi connectivity index (χ0) is 33.4. The van der Waals surface area contributed by atoms with Crippen molar-refractivity contribution in [2.75, 3.05) is 0 Å². The van der Waals surface area contributed by atoms with Gasteiger partial charge >= 0.3 is 0 Å². The smallest absolute Gasteiger partial charge is 0.182 e. The molecule has 3 spiro atoms. The third kappa shape index (κ3) is 3.18. The van der Waals surface area contributed by atoms with Crippen LogP contribution in [-0.2, 0) is 42.8 Å². The summed E-state index contributed by atoms with van der Waals surface area (Å²) in [5, 5.41) is 0. The van der Waals surface area contributed by atoms with E-state index in [1.165, 1.54) is 0 Å². The Hall–Kier alpha value is -2.01. The van der Waals surface area contributed by atoms with Crippen LogP contribution in [0.15, 0.2) is 0 Å². The lowest BCUT2D eigenvalue weighted by Crippen LogP contribution is -2.54. The second kappa shape index (κ2) is 9.25. The molecule has 3 saturated carbocycles. The molecular formula is C39H48O9. The second-order valence-corrected chi connectivity index (χ2v) is 17.3. The van der Waals surface area contributed by atoms with Crippen molar-refractivity contribution in [3.63, 3.8) is 0 Å². The van der Waals surface area contributed by atoms with Gasteiger partial charge in [0.25, 0.3) is 0 Å². The maximum atomic E-state index is 14.2. The number of fused-ring (bicyclic) bond motifs is 3. The van der Waals surface area contributed by atoms with Crippen molar-refractivity contribution in [3.8, 4) is 0 Å². The highest BCUT2D eigenvalue weighted by Gasteiger charge is 2.75. The molecule has 12 atom stereocenters. The Balaban J connectivity index is 1.14. The van der Waals surface area contributed by atoms with E-state index in [9.17, 15) is 14.4 Å². The van der Waals surface area contributed by atoms with E-state index in [2.05, 4.69) is 20.8 Å². The van der Waals surface area contributed by atoms with Crippen LogP contribution in [0.4, 0.5) is 0 Å². The molecule has 6 saturated heterocycles. The Morgan fingerprint density at radius 1 is 0.396 bits per heavy atom. The minimum Gasteiger partial charge on any atom is -0.338 e. The molecule has 1 aromatic rings. The van der Waals surface area contributed by atoms with Crippen molar-refractivity contribution in [2.45, 2.75) is 173 Å². The van der Waals surface area contributed by atoms with Gasteiger partial charge in [-0.3, -0.25) is 14.4 Å². The topological polar surface area (TPSA) is 107 Å². The van der Waals surface area contributed by atoms with Crippen LogP contribution in [0.2, 0.25) is 0 Å². The molecule has 6 heterocycles. The van der Waals surface area contributed by atoms with E-state index in [4.69, 9.17) is 28.4 Å². The maximum Gasteiger partial charge on any atom is 0.182 e. The third-order valence-corrected chi connectivity index (χ3v) is 15.2. The zero-order valence-electron chi connectivity index (χ0n) is 29.1. The predicted octanol–water partition coefficient (Wildman–Crippen LogP) is 6.56. The van der Waals surface area contributed by atoms with E-state index in [1.54, 1.807) is 0 Å². The number of ketones is 3. The van der Waals surface area contributed by atoms with Crippen molar-refractivity contribution in [3.05, 3.63) is 33.4 Å². The molecule has 9 fully saturated rings. The lowest BCUT2D eigenvalue weighted by atomic mass is 9.65. The number of ether oxygens (including phenoxy) is 6. The SMILES string of the molecule is Cc1c([C@@H]2O[C@@]34CCCC[C@]3(C)C(=O)[C@H]2O4)c(C)c([C@@H]2O[C@@]34CCCC[C@]3(C)C(=O)[C@H]2O4)c(C)c1[C@@H]1O[C@@]23CCCC[C@]2(C)C(=O)[C@H]1O3. The first-order valence-corrected chi connectivity index (χ1v) is 18.6. The largest absolute Gasteiger partial charge is 0.338 e. The fraction of sp³-hybridized carbons (Fsp3) is 0.769. The number of carbonyl (C=O) groups is 3. The number of hydrogen-bond acceptors (Lipinski definition) is 9. The van der Waals surface area contributed by atoms with Crippen molar-refractivity contribution in [1.82, 2.24) is 0 Å². The molecule has 0 unspecified atom stereocenters. The quantitative estimate of drug-likeness (QED) is 0.356. The maximum absolute atomic E-state index is 14.2. The molecule has 0 N–H and O–H groups in total. The van der Waals surface area contributed by atoms with Gasteiger partial charge in [0, 0.05) is 19.3 Å². The highest BCUT2D eigenvalue weighted by atomic mass is 16.8. The van der Waals surface area contributed by atoms with E-state index in [-0.39, 0.29) is 17.3 Å². The molecule has 6 aliphatic heterocycles. The van der Waals surface area contributed by atoms with Crippen molar-refractivity contribution in [1.29, 1.82) is 0 Å². The van der Waals surface area contributed by atoms with Gasteiger partial charge in [0.2, 0.25) is 0 Å². The van der Waals surface area contributed by atoms with Gasteiger partial charge in [-0.05, 0) is 113 Å². The molecule has 6 bridgehead atoms. The molecule has 9 nitrogen and oxygen atoms in total. The number of Topliss-reactive ketones (excluding diaryl/α,β-unsaturated/α-hetero) is 3. The normalized spacial score (nSPS) is 51.5. The minimum atomic E-state index is -0.947. The predicted molar refractivity (Wildman–Crippen MR) is 170 cm³/mol. The highest BCUT2D eigenvalue weighted by molar-refractivity contribution is 5.95. The standard InChI is InChI=1S/C39H48O9/c1-19-22(25-28-31(40)34(4)13-7-10-16-37(34,43-25)46-28)20(2)24(27-30-33(42)36(6)15-9-12-18-39(36,45-27)48-30)21(3)23(19)26-29-32(41)35(5)14-8-11-17-38(35,44-26)47-29/h25-30H,7-18H2,1-6H3/t25-,26-,27-,28-,29-,30-,34+,35+,36+,37+,38+,39+/m0/s1. The second-order valence-electron chi connectivity index (χ2n) is 17.3.